The molecule has 0 amide bonds. The van der Waals surface area contributed by atoms with Crippen LogP contribution in [0.4, 0.5) is 0 Å². The van der Waals surface area contributed by atoms with E-state index >= 15 is 0 Å². The van der Waals surface area contributed by atoms with Gasteiger partial charge >= 0.3 is 0 Å². The van der Waals surface area contributed by atoms with E-state index in [4.69, 9.17) is 70.5 Å². The Morgan fingerprint density at radius 1 is 0.379 bits per heavy atom. The molecule has 0 aromatic heterocycles. The van der Waals surface area contributed by atoms with E-state index in [-0.39, 0.29) is 46.2 Å². The van der Waals surface area contributed by atoms with Crippen molar-refractivity contribution in [3.8, 4) is 0 Å². The molecule has 318 valence electrons. The molecular weight excluding hydrogens is 799 g/mol. The van der Waals surface area contributed by atoms with Crippen LogP contribution in [0.15, 0.2) is 146 Å². The molecule has 0 radical (unpaired) electrons. The first-order chi connectivity index (χ1) is 28.2. The van der Waals surface area contributed by atoms with Gasteiger partial charge in [-0.2, -0.15) is 0 Å². The monoisotopic (exact) mass is 858 g/mol. The Morgan fingerprint density at radius 2 is 0.655 bits per heavy atom. The first-order valence-corrected chi connectivity index (χ1v) is 20.6. The molecule has 0 fully saturated rings. The van der Waals surface area contributed by atoms with E-state index in [0.29, 0.717) is 44.1 Å². The highest BCUT2D eigenvalue weighted by Crippen LogP contribution is 2.43. The van der Waals surface area contributed by atoms with Gasteiger partial charge in [0.2, 0.25) is 0 Å². The lowest BCUT2D eigenvalue weighted by Gasteiger charge is -2.39. The molecule has 11 heteroatoms. The Kier molecular flexibility index (Phi) is 30.4. The molecule has 3 unspecified atom stereocenters. The molecule has 5 aromatic carbocycles. The minimum atomic E-state index is -1.56. The zero-order valence-corrected chi connectivity index (χ0v) is 35.3. The van der Waals surface area contributed by atoms with Crippen molar-refractivity contribution < 1.29 is 40.9 Å². The summed E-state index contributed by atoms with van der Waals surface area (Å²) in [6, 6.07) is 45.3. The summed E-state index contributed by atoms with van der Waals surface area (Å²) in [5.41, 5.74) is 3.60. The first-order valence-electron chi connectivity index (χ1n) is 19.3. The number of hydrogen-bond acceptors (Lipinski definition) is 8. The molecule has 58 heavy (non-hydrogen) atoms. The maximum Gasteiger partial charge on any atom is 0.122 e. The minimum absolute atomic E-state index is 0.0286. The highest BCUT2D eigenvalue weighted by Gasteiger charge is 2.45. The zero-order valence-electron chi connectivity index (χ0n) is 33.0. The predicted octanol–water partition coefficient (Wildman–Crippen LogP) is 8.40. The molecule has 0 aliphatic carbocycles. The Hall–Kier alpha value is -3.35. The van der Waals surface area contributed by atoms with Crippen LogP contribution < -0.4 is 0 Å². The van der Waals surface area contributed by atoms with Gasteiger partial charge < -0.3 is 40.9 Å². The van der Waals surface area contributed by atoms with E-state index in [1.807, 2.05) is 133 Å². The van der Waals surface area contributed by atoms with Gasteiger partial charge in [-0.1, -0.05) is 146 Å². The summed E-state index contributed by atoms with van der Waals surface area (Å²) < 4.78 is 0. The van der Waals surface area contributed by atoms with Gasteiger partial charge in [-0.05, 0) is 71.9 Å². The molecular formula is C47H61Cl3O8. The smallest absolute Gasteiger partial charge is 0.122 e. The van der Waals surface area contributed by atoms with Gasteiger partial charge in [-0.25, -0.2) is 0 Å². The van der Waals surface area contributed by atoms with Crippen LogP contribution in [0.25, 0.3) is 0 Å². The van der Waals surface area contributed by atoms with Gasteiger partial charge in [0.05, 0.1) is 42.6 Å². The number of aliphatic hydroxyl groups excluding tert-OH is 7. The molecule has 0 spiro atoms. The Balaban J connectivity index is 0.000000421. The molecule has 0 aliphatic rings. The van der Waals surface area contributed by atoms with Crippen molar-refractivity contribution in [2.45, 2.75) is 86.7 Å². The second kappa shape index (κ2) is 33.5. The average molecular weight is 860 g/mol. The van der Waals surface area contributed by atoms with Gasteiger partial charge in [-0.15, -0.1) is 34.8 Å². The molecule has 5 rings (SSSR count). The quantitative estimate of drug-likeness (QED) is 0.0433. The second-order valence-corrected chi connectivity index (χ2v) is 14.6. The molecule has 8 N–H and O–H groups in total. The highest BCUT2D eigenvalue weighted by molar-refractivity contribution is 6.25. The van der Waals surface area contributed by atoms with Crippen LogP contribution in [0, 0.1) is 0 Å². The van der Waals surface area contributed by atoms with Gasteiger partial charge in [0.15, 0.2) is 0 Å². The summed E-state index contributed by atoms with van der Waals surface area (Å²) in [5.74, 6) is 0. The van der Waals surface area contributed by atoms with E-state index in [2.05, 4.69) is 0 Å². The van der Waals surface area contributed by atoms with Crippen molar-refractivity contribution in [3.05, 3.63) is 179 Å². The van der Waals surface area contributed by atoms with E-state index in [0.717, 1.165) is 27.8 Å². The lowest BCUT2D eigenvalue weighted by atomic mass is 9.79. The minimum Gasteiger partial charge on any atom is -0.396 e. The fraction of sp³-hybridized carbons (Fsp3) is 0.362. The number of hydrogen-bond donors (Lipinski definition) is 8. The van der Waals surface area contributed by atoms with E-state index in [9.17, 15) is 5.11 Å². The second-order valence-electron chi connectivity index (χ2n) is 13.0. The van der Waals surface area contributed by atoms with Crippen LogP contribution in [0.5, 0.6) is 0 Å². The molecule has 3 atom stereocenters. The molecule has 0 saturated carbocycles. The van der Waals surface area contributed by atoms with E-state index < -0.39 is 21.7 Å². The summed E-state index contributed by atoms with van der Waals surface area (Å²) in [7, 11) is 0. The van der Waals surface area contributed by atoms with Crippen molar-refractivity contribution in [3.63, 3.8) is 0 Å². The molecule has 8 nitrogen and oxygen atoms in total. The molecule has 0 aliphatic heterocycles. The van der Waals surface area contributed by atoms with Gasteiger partial charge in [0, 0.05) is 19.8 Å². The third kappa shape index (κ3) is 21.1. The standard InChI is InChI=1S/C19H29Cl3O4.4C7H8O/c20-16(8-3-11-23)14-6-1-2-7-15(14)19(26,17(21)9-4-12-24)18(22)10-5-13-25;4*8-6-7-4-2-1-3-5-7/h1-2,6-7,16-18,23-26H,3-5,8-13H2;4*1-5,8H,6H2. The first kappa shape index (κ1) is 52.7. The molecule has 0 heterocycles. The highest BCUT2D eigenvalue weighted by atomic mass is 35.5. The summed E-state index contributed by atoms with van der Waals surface area (Å²) in [5, 5.41) is 71.2. The number of benzene rings is 5. The van der Waals surface area contributed by atoms with Crippen molar-refractivity contribution in [1.29, 1.82) is 0 Å². The largest absolute Gasteiger partial charge is 0.396 e. The van der Waals surface area contributed by atoms with Crippen LogP contribution in [0.3, 0.4) is 0 Å². The molecule has 0 saturated heterocycles. The van der Waals surface area contributed by atoms with Crippen LogP contribution >= 0.6 is 34.8 Å². The zero-order chi connectivity index (χ0) is 42.9. The number of alkyl halides is 3. The van der Waals surface area contributed by atoms with Crippen molar-refractivity contribution in [2.24, 2.45) is 0 Å². The summed E-state index contributed by atoms with van der Waals surface area (Å²) in [6.07, 6.45) is 2.75. The van der Waals surface area contributed by atoms with Gasteiger partial charge in [0.25, 0.3) is 0 Å². The SMILES string of the molecule is OCCCC(Cl)c1ccccc1C(O)(C(Cl)CCCO)C(Cl)CCCO.OCc1ccccc1.OCc1ccccc1.OCc1ccccc1.OCc1ccccc1. The van der Waals surface area contributed by atoms with Crippen molar-refractivity contribution in [2.75, 3.05) is 19.8 Å². The summed E-state index contributed by atoms with van der Waals surface area (Å²) in [6.45, 7) is 0.542. The molecule has 5 aromatic rings. The predicted molar refractivity (Wildman–Crippen MR) is 237 cm³/mol. The normalized spacial score (nSPS) is 12.9. The van der Waals surface area contributed by atoms with Crippen LogP contribution in [0.1, 0.15) is 77.3 Å². The van der Waals surface area contributed by atoms with Gasteiger partial charge in [-0.3, -0.25) is 0 Å². The van der Waals surface area contributed by atoms with Crippen molar-refractivity contribution in [1.82, 2.24) is 0 Å². The van der Waals surface area contributed by atoms with E-state index in [1.165, 1.54) is 0 Å². The number of aliphatic hydroxyl groups is 8. The maximum absolute atomic E-state index is 11.6. The summed E-state index contributed by atoms with van der Waals surface area (Å²) >= 11 is 19.7. The Labute approximate surface area is 359 Å². The van der Waals surface area contributed by atoms with Crippen LogP contribution in [-0.2, 0) is 32.0 Å². The lowest BCUT2D eigenvalue weighted by molar-refractivity contribution is 0.0190. The fourth-order valence-corrected chi connectivity index (χ4v) is 6.67. The third-order valence-corrected chi connectivity index (χ3v) is 10.2. The number of rotatable bonds is 17. The Bertz CT molecular complexity index is 1480. The van der Waals surface area contributed by atoms with Crippen LogP contribution in [-0.4, -0.2) is 71.4 Å². The number of halogens is 3. The lowest BCUT2D eigenvalue weighted by Crippen LogP contribution is -2.45. The van der Waals surface area contributed by atoms with Crippen molar-refractivity contribution >= 4 is 34.8 Å². The topological polar surface area (TPSA) is 162 Å². The third-order valence-electron chi connectivity index (χ3n) is 8.63. The summed E-state index contributed by atoms with van der Waals surface area (Å²) in [4.78, 5) is 0. The van der Waals surface area contributed by atoms with Crippen LogP contribution in [0.2, 0.25) is 0 Å². The average Bonchev–Trinajstić information content (AvgIpc) is 3.30. The van der Waals surface area contributed by atoms with E-state index in [1.54, 1.807) is 12.1 Å². The maximum atomic E-state index is 11.6. The molecule has 0 bridgehead atoms. The Morgan fingerprint density at radius 3 is 0.931 bits per heavy atom. The van der Waals surface area contributed by atoms with Gasteiger partial charge in [0.1, 0.15) is 5.60 Å². The fourth-order valence-electron chi connectivity index (χ4n) is 5.41.